The van der Waals surface area contributed by atoms with E-state index in [1.54, 1.807) is 23.3 Å². The summed E-state index contributed by atoms with van der Waals surface area (Å²) in [7, 11) is 0. The van der Waals surface area contributed by atoms with E-state index in [2.05, 4.69) is 25.4 Å². The van der Waals surface area contributed by atoms with Crippen molar-refractivity contribution in [2.75, 3.05) is 11.9 Å². The average molecular weight is 302 g/mol. The third-order valence-corrected chi connectivity index (χ3v) is 3.44. The Hall–Kier alpha value is -2.35. The maximum atomic E-state index is 5.31. The number of aromatic nitrogens is 5. The van der Waals surface area contributed by atoms with Crippen molar-refractivity contribution in [2.24, 2.45) is 0 Å². The number of anilines is 1. The lowest BCUT2D eigenvalue weighted by molar-refractivity contribution is 0.530. The second-order valence-corrected chi connectivity index (χ2v) is 5.03. The standard InChI is InChI=1S/C13H14N6OS/c1-2-14-11-16-12(19-7-4-6-15-19)18-13(17-11)21-9-10-5-3-8-20-10/h3-8H,2,9H2,1H3,(H,14,16,17,18). The molecule has 0 bridgehead atoms. The molecule has 108 valence electrons. The van der Waals surface area contributed by atoms with Gasteiger partial charge in [0.15, 0.2) is 5.16 Å². The Morgan fingerprint density at radius 3 is 2.95 bits per heavy atom. The first kappa shape index (κ1) is 13.6. The number of nitrogens with zero attached hydrogens (tertiary/aromatic N) is 5. The highest BCUT2D eigenvalue weighted by Crippen LogP contribution is 2.21. The Labute approximate surface area is 125 Å². The number of furan rings is 1. The summed E-state index contributed by atoms with van der Waals surface area (Å²) in [5, 5.41) is 7.88. The van der Waals surface area contributed by atoms with Crippen LogP contribution in [0.15, 0.2) is 46.4 Å². The first-order chi connectivity index (χ1) is 10.3. The molecule has 0 aromatic carbocycles. The molecule has 0 spiro atoms. The molecule has 0 fully saturated rings. The summed E-state index contributed by atoms with van der Waals surface area (Å²) >= 11 is 1.49. The number of rotatable bonds is 6. The largest absolute Gasteiger partial charge is 0.468 e. The van der Waals surface area contributed by atoms with Crippen LogP contribution < -0.4 is 5.32 Å². The van der Waals surface area contributed by atoms with Gasteiger partial charge in [-0.1, -0.05) is 11.8 Å². The molecular weight excluding hydrogens is 288 g/mol. The van der Waals surface area contributed by atoms with E-state index in [1.165, 1.54) is 11.8 Å². The highest BCUT2D eigenvalue weighted by Gasteiger charge is 2.09. The van der Waals surface area contributed by atoms with Crippen LogP contribution in [0, 0.1) is 0 Å². The molecule has 0 aliphatic heterocycles. The van der Waals surface area contributed by atoms with E-state index in [0.717, 1.165) is 12.3 Å². The van der Waals surface area contributed by atoms with Gasteiger partial charge in [0.05, 0.1) is 12.0 Å². The zero-order valence-electron chi connectivity index (χ0n) is 11.4. The maximum Gasteiger partial charge on any atom is 0.256 e. The number of hydrogen-bond acceptors (Lipinski definition) is 7. The number of hydrogen-bond donors (Lipinski definition) is 1. The van der Waals surface area contributed by atoms with Gasteiger partial charge in [-0.3, -0.25) is 0 Å². The van der Waals surface area contributed by atoms with Crippen molar-refractivity contribution in [2.45, 2.75) is 17.8 Å². The fourth-order valence-corrected chi connectivity index (χ4v) is 2.40. The third-order valence-electron chi connectivity index (χ3n) is 2.57. The van der Waals surface area contributed by atoms with Crippen LogP contribution in [0.1, 0.15) is 12.7 Å². The SMILES string of the molecule is CCNc1nc(SCc2ccco2)nc(-n2cccn2)n1. The smallest absolute Gasteiger partial charge is 0.256 e. The summed E-state index contributed by atoms with van der Waals surface area (Å²) < 4.78 is 6.92. The van der Waals surface area contributed by atoms with E-state index in [4.69, 9.17) is 4.42 Å². The monoisotopic (exact) mass is 302 g/mol. The normalized spacial score (nSPS) is 10.7. The summed E-state index contributed by atoms with van der Waals surface area (Å²) in [5.41, 5.74) is 0. The van der Waals surface area contributed by atoms with Crippen molar-refractivity contribution >= 4 is 17.7 Å². The maximum absolute atomic E-state index is 5.31. The Morgan fingerprint density at radius 1 is 1.29 bits per heavy atom. The van der Waals surface area contributed by atoms with Crippen molar-refractivity contribution < 1.29 is 4.42 Å². The minimum Gasteiger partial charge on any atom is -0.468 e. The highest BCUT2D eigenvalue weighted by molar-refractivity contribution is 7.98. The van der Waals surface area contributed by atoms with Gasteiger partial charge in [-0.05, 0) is 25.1 Å². The quantitative estimate of drug-likeness (QED) is 0.700. The molecule has 0 aliphatic carbocycles. The predicted octanol–water partition coefficient (Wildman–Crippen LogP) is 2.37. The lowest BCUT2D eigenvalue weighted by Gasteiger charge is -2.06. The van der Waals surface area contributed by atoms with Crippen LogP contribution in [0.25, 0.3) is 5.95 Å². The Kier molecular flexibility index (Phi) is 4.15. The Bertz CT molecular complexity index is 683. The van der Waals surface area contributed by atoms with Crippen molar-refractivity contribution in [3.8, 4) is 5.95 Å². The van der Waals surface area contributed by atoms with E-state index in [0.29, 0.717) is 22.8 Å². The molecule has 0 saturated heterocycles. The van der Waals surface area contributed by atoms with Crippen molar-refractivity contribution in [3.63, 3.8) is 0 Å². The summed E-state index contributed by atoms with van der Waals surface area (Å²) in [5.74, 6) is 2.58. The van der Waals surface area contributed by atoms with Crippen LogP contribution in [-0.4, -0.2) is 31.3 Å². The molecule has 0 atom stereocenters. The molecule has 1 N–H and O–H groups in total. The van der Waals surface area contributed by atoms with E-state index >= 15 is 0 Å². The van der Waals surface area contributed by atoms with Gasteiger partial charge < -0.3 is 9.73 Å². The minimum absolute atomic E-state index is 0.493. The Morgan fingerprint density at radius 2 is 2.24 bits per heavy atom. The second-order valence-electron chi connectivity index (χ2n) is 4.09. The fraction of sp³-hybridized carbons (Fsp3) is 0.231. The van der Waals surface area contributed by atoms with Gasteiger partial charge in [0, 0.05) is 18.9 Å². The topological polar surface area (TPSA) is 81.7 Å². The Balaban J connectivity index is 1.84. The molecule has 0 unspecified atom stereocenters. The van der Waals surface area contributed by atoms with Crippen LogP contribution in [0.3, 0.4) is 0 Å². The van der Waals surface area contributed by atoms with Crippen molar-refractivity contribution in [3.05, 3.63) is 42.6 Å². The zero-order valence-corrected chi connectivity index (χ0v) is 12.2. The van der Waals surface area contributed by atoms with Crippen LogP contribution in [0.2, 0.25) is 0 Å². The summed E-state index contributed by atoms with van der Waals surface area (Å²) in [4.78, 5) is 13.1. The predicted molar refractivity (Wildman–Crippen MR) is 79.4 cm³/mol. The van der Waals surface area contributed by atoms with Gasteiger partial charge in [0.1, 0.15) is 5.76 Å². The van der Waals surface area contributed by atoms with E-state index in [9.17, 15) is 0 Å². The van der Waals surface area contributed by atoms with E-state index in [-0.39, 0.29) is 0 Å². The van der Waals surface area contributed by atoms with Crippen molar-refractivity contribution in [1.29, 1.82) is 0 Å². The summed E-state index contributed by atoms with van der Waals surface area (Å²) in [6.07, 6.45) is 5.14. The van der Waals surface area contributed by atoms with Crippen LogP contribution in [0.5, 0.6) is 0 Å². The highest BCUT2D eigenvalue weighted by atomic mass is 32.2. The van der Waals surface area contributed by atoms with Gasteiger partial charge in [0.2, 0.25) is 5.95 Å². The van der Waals surface area contributed by atoms with Crippen LogP contribution in [-0.2, 0) is 5.75 Å². The molecule has 8 heteroatoms. The summed E-state index contributed by atoms with van der Waals surface area (Å²) in [6.45, 7) is 2.73. The lowest BCUT2D eigenvalue weighted by Crippen LogP contribution is -2.09. The number of nitrogens with one attached hydrogen (secondary N) is 1. The molecule has 3 aromatic heterocycles. The average Bonchev–Trinajstić information content (AvgIpc) is 3.19. The van der Waals surface area contributed by atoms with Crippen LogP contribution in [0.4, 0.5) is 5.95 Å². The molecule has 7 nitrogen and oxygen atoms in total. The molecule has 0 aliphatic rings. The first-order valence-electron chi connectivity index (χ1n) is 6.50. The number of thioether (sulfide) groups is 1. The van der Waals surface area contributed by atoms with Crippen molar-refractivity contribution in [1.82, 2.24) is 24.7 Å². The third kappa shape index (κ3) is 3.40. The molecule has 21 heavy (non-hydrogen) atoms. The van der Waals surface area contributed by atoms with Crippen LogP contribution >= 0.6 is 11.8 Å². The molecule has 3 heterocycles. The first-order valence-corrected chi connectivity index (χ1v) is 7.49. The van der Waals surface area contributed by atoms with Gasteiger partial charge in [0.25, 0.3) is 5.95 Å². The molecule has 0 amide bonds. The van der Waals surface area contributed by atoms with Gasteiger partial charge in [-0.2, -0.15) is 20.1 Å². The van der Waals surface area contributed by atoms with Gasteiger partial charge in [-0.25, -0.2) is 4.68 Å². The fourth-order valence-electron chi connectivity index (χ4n) is 1.67. The molecule has 3 rings (SSSR count). The minimum atomic E-state index is 0.493. The summed E-state index contributed by atoms with van der Waals surface area (Å²) in [6, 6.07) is 5.61. The van der Waals surface area contributed by atoms with E-state index in [1.807, 2.05) is 25.1 Å². The van der Waals surface area contributed by atoms with Gasteiger partial charge in [-0.15, -0.1) is 0 Å². The van der Waals surface area contributed by atoms with Gasteiger partial charge >= 0.3 is 0 Å². The second kappa shape index (κ2) is 6.40. The lowest BCUT2D eigenvalue weighted by atomic mass is 10.5. The molecular formula is C13H14N6OS. The molecule has 0 saturated carbocycles. The molecule has 3 aromatic rings. The molecule has 0 radical (unpaired) electrons. The zero-order chi connectivity index (χ0) is 14.5. The van der Waals surface area contributed by atoms with E-state index < -0.39 is 0 Å².